The third-order valence-corrected chi connectivity index (χ3v) is 4.43. The highest BCUT2D eigenvalue weighted by Crippen LogP contribution is 2.28. The molecule has 0 aromatic heterocycles. The van der Waals surface area contributed by atoms with Crippen LogP contribution >= 0.6 is 0 Å². The van der Waals surface area contributed by atoms with Gasteiger partial charge in [-0.3, -0.25) is 4.79 Å². The number of rotatable bonds is 4. The molecule has 0 unspecified atom stereocenters. The van der Waals surface area contributed by atoms with E-state index in [0.29, 0.717) is 23.4 Å². The molecule has 0 radical (unpaired) electrons. The Morgan fingerprint density at radius 3 is 2.32 bits per heavy atom. The number of halogens is 2. The van der Waals surface area contributed by atoms with Gasteiger partial charge in [-0.1, -0.05) is 18.2 Å². The zero-order valence-corrected chi connectivity index (χ0v) is 14.6. The summed E-state index contributed by atoms with van der Waals surface area (Å²) in [5, 5.41) is 20.9. The maximum Gasteiger partial charge on any atom is 0.331 e. The van der Waals surface area contributed by atoms with E-state index in [1.807, 2.05) is 6.19 Å². The highest BCUT2D eigenvalue weighted by Gasteiger charge is 2.24. The molecule has 0 spiro atoms. The molecule has 2 aromatic carbocycles. The molecule has 2 N–H and O–H groups in total. The van der Waals surface area contributed by atoms with Crippen molar-refractivity contribution in [3.63, 3.8) is 0 Å². The van der Waals surface area contributed by atoms with Crippen molar-refractivity contribution >= 4 is 23.1 Å². The van der Waals surface area contributed by atoms with Crippen LogP contribution in [-0.2, 0) is 4.79 Å². The summed E-state index contributed by atoms with van der Waals surface area (Å²) in [5.41, 5.74) is 0.948. The SMILES string of the molecule is N#CN1CCC(C(=O)O)=C(c2ccc(NC(=O)c3c(F)cccc3F)cc2)C1. The van der Waals surface area contributed by atoms with Crippen molar-refractivity contribution in [3.8, 4) is 6.19 Å². The lowest BCUT2D eigenvalue weighted by Gasteiger charge is -2.25. The second-order valence-electron chi connectivity index (χ2n) is 6.16. The Labute approximate surface area is 159 Å². The topological polar surface area (TPSA) is 93.4 Å². The molecule has 0 saturated carbocycles. The monoisotopic (exact) mass is 383 g/mol. The predicted octanol–water partition coefficient (Wildman–Crippen LogP) is 3.24. The van der Waals surface area contributed by atoms with Crippen molar-refractivity contribution in [2.24, 2.45) is 0 Å². The Morgan fingerprint density at radius 1 is 1.11 bits per heavy atom. The van der Waals surface area contributed by atoms with E-state index in [0.717, 1.165) is 12.1 Å². The summed E-state index contributed by atoms with van der Waals surface area (Å²) in [6.45, 7) is 0.508. The van der Waals surface area contributed by atoms with Crippen LogP contribution in [0.5, 0.6) is 0 Å². The molecule has 8 heteroatoms. The standard InChI is InChI=1S/C20H15F2N3O3/c21-16-2-1-3-17(22)18(16)19(26)24-13-6-4-12(5-7-13)15-10-25(11-23)9-8-14(15)20(27)28/h1-7H,8-10H2,(H,24,26)(H,27,28). The third-order valence-electron chi connectivity index (χ3n) is 4.43. The number of aliphatic carboxylic acids is 1. The fourth-order valence-corrected chi connectivity index (χ4v) is 3.01. The van der Waals surface area contributed by atoms with E-state index in [9.17, 15) is 23.5 Å². The van der Waals surface area contributed by atoms with E-state index in [1.54, 1.807) is 12.1 Å². The van der Waals surface area contributed by atoms with Crippen LogP contribution < -0.4 is 5.32 Å². The number of carboxylic acids is 1. The number of benzene rings is 2. The molecule has 1 heterocycles. The van der Waals surface area contributed by atoms with Crippen molar-refractivity contribution in [1.29, 1.82) is 5.26 Å². The number of carbonyl (C=O) groups is 2. The third kappa shape index (κ3) is 3.83. The molecule has 0 bridgehead atoms. The molecule has 0 fully saturated rings. The van der Waals surface area contributed by atoms with E-state index in [-0.39, 0.29) is 18.5 Å². The summed E-state index contributed by atoms with van der Waals surface area (Å²) in [7, 11) is 0. The van der Waals surface area contributed by atoms with E-state index in [4.69, 9.17) is 5.26 Å². The summed E-state index contributed by atoms with van der Waals surface area (Å²) in [5.74, 6) is -3.91. The van der Waals surface area contributed by atoms with Gasteiger partial charge in [0.25, 0.3) is 5.91 Å². The van der Waals surface area contributed by atoms with Crippen LogP contribution in [0.4, 0.5) is 14.5 Å². The van der Waals surface area contributed by atoms with Gasteiger partial charge in [0.2, 0.25) is 0 Å². The predicted molar refractivity (Wildman–Crippen MR) is 97.1 cm³/mol. The van der Waals surface area contributed by atoms with Crippen LogP contribution in [-0.4, -0.2) is 35.0 Å². The number of carbonyl (C=O) groups excluding carboxylic acids is 1. The lowest BCUT2D eigenvalue weighted by atomic mass is 9.94. The van der Waals surface area contributed by atoms with E-state index in [2.05, 4.69) is 5.32 Å². The van der Waals surface area contributed by atoms with Gasteiger partial charge in [-0.15, -0.1) is 0 Å². The second-order valence-corrected chi connectivity index (χ2v) is 6.16. The lowest BCUT2D eigenvalue weighted by molar-refractivity contribution is -0.132. The van der Waals surface area contributed by atoms with Crippen molar-refractivity contribution in [1.82, 2.24) is 4.90 Å². The van der Waals surface area contributed by atoms with Gasteiger partial charge in [-0.05, 0) is 41.8 Å². The zero-order chi connectivity index (χ0) is 20.3. The molecule has 0 atom stereocenters. The van der Waals surface area contributed by atoms with Gasteiger partial charge in [-0.25, -0.2) is 13.6 Å². The molecule has 142 valence electrons. The highest BCUT2D eigenvalue weighted by atomic mass is 19.1. The van der Waals surface area contributed by atoms with Crippen molar-refractivity contribution in [2.45, 2.75) is 6.42 Å². The number of amides is 1. The Bertz CT molecular complexity index is 990. The molecule has 3 rings (SSSR count). The van der Waals surface area contributed by atoms with Crippen LogP contribution in [0.25, 0.3) is 5.57 Å². The highest BCUT2D eigenvalue weighted by molar-refractivity contribution is 6.04. The van der Waals surface area contributed by atoms with Crippen LogP contribution in [0.2, 0.25) is 0 Å². The number of nitriles is 1. The van der Waals surface area contributed by atoms with Crippen LogP contribution in [0.1, 0.15) is 22.3 Å². The minimum Gasteiger partial charge on any atom is -0.478 e. The molecule has 28 heavy (non-hydrogen) atoms. The summed E-state index contributed by atoms with van der Waals surface area (Å²) in [6.07, 6.45) is 2.25. The first-order chi connectivity index (χ1) is 13.4. The number of nitrogens with zero attached hydrogens (tertiary/aromatic N) is 2. The number of anilines is 1. The molecule has 0 aliphatic carbocycles. The van der Waals surface area contributed by atoms with E-state index in [1.165, 1.54) is 23.1 Å². The van der Waals surface area contributed by atoms with Gasteiger partial charge < -0.3 is 15.3 Å². The van der Waals surface area contributed by atoms with Crippen molar-refractivity contribution in [3.05, 3.63) is 70.8 Å². The van der Waals surface area contributed by atoms with Gasteiger partial charge in [0.1, 0.15) is 17.2 Å². The molecule has 1 aliphatic heterocycles. The molecule has 2 aromatic rings. The van der Waals surface area contributed by atoms with E-state index >= 15 is 0 Å². The van der Waals surface area contributed by atoms with Crippen LogP contribution in [0, 0.1) is 23.1 Å². The fourth-order valence-electron chi connectivity index (χ4n) is 3.01. The summed E-state index contributed by atoms with van der Waals surface area (Å²) in [4.78, 5) is 25.1. The van der Waals surface area contributed by atoms with Gasteiger partial charge in [0.05, 0.1) is 6.54 Å². The smallest absolute Gasteiger partial charge is 0.331 e. The van der Waals surface area contributed by atoms with Crippen molar-refractivity contribution < 1.29 is 23.5 Å². The molecule has 0 saturated heterocycles. The first-order valence-electron chi connectivity index (χ1n) is 8.36. The average Bonchev–Trinajstić information content (AvgIpc) is 2.68. The Morgan fingerprint density at radius 2 is 1.75 bits per heavy atom. The molecule has 1 aliphatic rings. The van der Waals surface area contributed by atoms with Gasteiger partial charge in [0, 0.05) is 17.8 Å². The van der Waals surface area contributed by atoms with Crippen molar-refractivity contribution in [2.75, 3.05) is 18.4 Å². The number of carboxylic acid groups (broad SMARTS) is 1. The largest absolute Gasteiger partial charge is 0.478 e. The molecule has 6 nitrogen and oxygen atoms in total. The van der Waals surface area contributed by atoms with Crippen LogP contribution in [0.15, 0.2) is 48.0 Å². The zero-order valence-electron chi connectivity index (χ0n) is 14.6. The Balaban J connectivity index is 1.84. The minimum atomic E-state index is -1.04. The second kappa shape index (κ2) is 7.88. The minimum absolute atomic E-state index is 0.171. The van der Waals surface area contributed by atoms with Crippen LogP contribution in [0.3, 0.4) is 0 Å². The maximum absolute atomic E-state index is 13.7. The van der Waals surface area contributed by atoms with Gasteiger partial charge in [0.15, 0.2) is 6.19 Å². The van der Waals surface area contributed by atoms with Gasteiger partial charge in [-0.2, -0.15) is 5.26 Å². The number of nitrogens with one attached hydrogen (secondary N) is 1. The number of hydrogen-bond acceptors (Lipinski definition) is 4. The quantitative estimate of drug-likeness (QED) is 0.791. The lowest BCUT2D eigenvalue weighted by Crippen LogP contribution is -2.29. The number of hydrogen-bond donors (Lipinski definition) is 2. The molecular formula is C20H15F2N3O3. The summed E-state index contributed by atoms with van der Waals surface area (Å²) < 4.78 is 27.4. The normalized spacial score (nSPS) is 13.8. The fraction of sp³-hybridized carbons (Fsp3) is 0.150. The molecule has 1 amide bonds. The Kier molecular flexibility index (Phi) is 5.36. The van der Waals surface area contributed by atoms with E-state index < -0.39 is 29.1 Å². The average molecular weight is 383 g/mol. The summed E-state index contributed by atoms with van der Waals surface area (Å²) in [6, 6.07) is 9.33. The van der Waals surface area contributed by atoms with Gasteiger partial charge >= 0.3 is 5.97 Å². The first kappa shape index (κ1) is 19.0. The molecular weight excluding hydrogens is 368 g/mol. The Hall–Kier alpha value is -3.73. The maximum atomic E-state index is 13.7. The first-order valence-corrected chi connectivity index (χ1v) is 8.36. The summed E-state index contributed by atoms with van der Waals surface area (Å²) >= 11 is 0.